The molecule has 0 spiro atoms. The number of rotatable bonds is 8. The zero-order chi connectivity index (χ0) is 20.0. The molecule has 1 saturated heterocycles. The number of ether oxygens (including phenoxy) is 3. The van der Waals surface area contributed by atoms with E-state index in [4.69, 9.17) is 14.2 Å². The van der Waals surface area contributed by atoms with Crippen LogP contribution in [0.2, 0.25) is 0 Å². The van der Waals surface area contributed by atoms with Crippen LogP contribution in [0.1, 0.15) is 23.2 Å². The Morgan fingerprint density at radius 3 is 2.36 bits per heavy atom. The van der Waals surface area contributed by atoms with Crippen molar-refractivity contribution in [3.8, 4) is 11.5 Å². The summed E-state index contributed by atoms with van der Waals surface area (Å²) in [6, 6.07) is 13.0. The molecule has 7 nitrogen and oxygen atoms in total. The van der Waals surface area contributed by atoms with Gasteiger partial charge in [0, 0.05) is 13.1 Å². The summed E-state index contributed by atoms with van der Waals surface area (Å²) in [6.45, 7) is 1.26. The highest BCUT2D eigenvalue weighted by Gasteiger charge is 2.27. The Morgan fingerprint density at radius 1 is 1.00 bits per heavy atom. The highest BCUT2D eigenvalue weighted by Crippen LogP contribution is 2.22. The second kappa shape index (κ2) is 9.07. The molecular weight excluding hydrogens is 382 g/mol. The molecule has 0 atom stereocenters. The third-order valence-electron chi connectivity index (χ3n) is 4.42. The molecule has 0 amide bonds. The van der Waals surface area contributed by atoms with E-state index in [1.54, 1.807) is 37.4 Å². The molecular formula is C20H23NO6S. The number of hydrogen-bond donors (Lipinski definition) is 0. The Balaban J connectivity index is 1.54. The average molecular weight is 405 g/mol. The lowest BCUT2D eigenvalue weighted by Crippen LogP contribution is -2.28. The molecule has 1 aliphatic heterocycles. The van der Waals surface area contributed by atoms with Crippen LogP contribution < -0.4 is 9.47 Å². The van der Waals surface area contributed by atoms with Crippen LogP contribution in [0.4, 0.5) is 0 Å². The fourth-order valence-corrected chi connectivity index (χ4v) is 4.47. The highest BCUT2D eigenvalue weighted by atomic mass is 32.2. The minimum atomic E-state index is -3.57. The third-order valence-corrected chi connectivity index (χ3v) is 6.31. The number of sulfonamides is 1. The lowest BCUT2D eigenvalue weighted by Gasteiger charge is -2.15. The van der Waals surface area contributed by atoms with Gasteiger partial charge in [0.1, 0.15) is 24.7 Å². The predicted molar refractivity (Wildman–Crippen MR) is 103 cm³/mol. The second-order valence-corrected chi connectivity index (χ2v) is 8.24. The van der Waals surface area contributed by atoms with Crippen molar-refractivity contribution in [1.29, 1.82) is 0 Å². The van der Waals surface area contributed by atoms with Gasteiger partial charge in [-0.05, 0) is 55.3 Å². The van der Waals surface area contributed by atoms with E-state index in [0.717, 1.165) is 18.6 Å². The minimum absolute atomic E-state index is 0.0496. The number of nitrogens with zero attached hydrogens (tertiary/aromatic N) is 1. The van der Waals surface area contributed by atoms with Gasteiger partial charge in [0.25, 0.3) is 0 Å². The van der Waals surface area contributed by atoms with Gasteiger partial charge in [0.05, 0.1) is 17.6 Å². The largest absolute Gasteiger partial charge is 0.497 e. The minimum Gasteiger partial charge on any atom is -0.497 e. The molecule has 0 aromatic heterocycles. The Morgan fingerprint density at radius 2 is 1.68 bits per heavy atom. The summed E-state index contributed by atoms with van der Waals surface area (Å²) in [4.78, 5) is 12.3. The zero-order valence-corrected chi connectivity index (χ0v) is 16.5. The Kier molecular flexibility index (Phi) is 6.53. The van der Waals surface area contributed by atoms with Gasteiger partial charge < -0.3 is 14.2 Å². The van der Waals surface area contributed by atoms with E-state index in [1.807, 2.05) is 0 Å². The van der Waals surface area contributed by atoms with Crippen molar-refractivity contribution in [3.63, 3.8) is 0 Å². The van der Waals surface area contributed by atoms with Crippen LogP contribution in [0.15, 0.2) is 53.4 Å². The molecule has 0 saturated carbocycles. The summed E-state index contributed by atoms with van der Waals surface area (Å²) < 4.78 is 42.4. The smallest absolute Gasteiger partial charge is 0.338 e. The summed E-state index contributed by atoms with van der Waals surface area (Å²) in [5.41, 5.74) is 0.199. The molecule has 0 unspecified atom stereocenters. The summed E-state index contributed by atoms with van der Waals surface area (Å²) in [7, 11) is -1.99. The zero-order valence-electron chi connectivity index (χ0n) is 15.7. The summed E-state index contributed by atoms with van der Waals surface area (Å²) in [6.07, 6.45) is 1.71. The first-order valence-corrected chi connectivity index (χ1v) is 10.5. The lowest BCUT2D eigenvalue weighted by molar-refractivity contribution is 0.0450. The van der Waals surface area contributed by atoms with E-state index in [1.165, 1.54) is 22.5 Å². The third kappa shape index (κ3) is 4.82. The van der Waals surface area contributed by atoms with Crippen molar-refractivity contribution in [2.45, 2.75) is 17.7 Å². The number of hydrogen-bond acceptors (Lipinski definition) is 6. The Bertz CT molecular complexity index is 905. The quantitative estimate of drug-likeness (QED) is 0.496. The summed E-state index contributed by atoms with van der Waals surface area (Å²) >= 11 is 0. The van der Waals surface area contributed by atoms with Gasteiger partial charge in [-0.1, -0.05) is 6.07 Å². The maximum absolute atomic E-state index is 12.6. The number of carbonyl (C=O) groups excluding carboxylic acids is 1. The normalized spacial score (nSPS) is 14.6. The van der Waals surface area contributed by atoms with E-state index >= 15 is 0 Å². The number of methoxy groups -OCH3 is 1. The van der Waals surface area contributed by atoms with Crippen LogP contribution in [0.3, 0.4) is 0 Å². The van der Waals surface area contributed by atoms with Gasteiger partial charge in [0.15, 0.2) is 0 Å². The van der Waals surface area contributed by atoms with Crippen LogP contribution in [0.25, 0.3) is 0 Å². The summed E-state index contributed by atoms with van der Waals surface area (Å²) in [5.74, 6) is 0.773. The van der Waals surface area contributed by atoms with Gasteiger partial charge in [-0.15, -0.1) is 0 Å². The molecule has 1 aliphatic rings. The van der Waals surface area contributed by atoms with Gasteiger partial charge in [0.2, 0.25) is 10.0 Å². The van der Waals surface area contributed by atoms with E-state index in [2.05, 4.69) is 0 Å². The second-order valence-electron chi connectivity index (χ2n) is 6.30. The molecule has 0 N–H and O–H groups in total. The van der Waals surface area contributed by atoms with Crippen molar-refractivity contribution in [2.24, 2.45) is 0 Å². The van der Waals surface area contributed by atoms with E-state index in [-0.39, 0.29) is 23.7 Å². The van der Waals surface area contributed by atoms with Crippen LogP contribution >= 0.6 is 0 Å². The first kappa shape index (κ1) is 20.2. The van der Waals surface area contributed by atoms with Crippen LogP contribution in [0.5, 0.6) is 11.5 Å². The van der Waals surface area contributed by atoms with Gasteiger partial charge in [-0.25, -0.2) is 13.2 Å². The van der Waals surface area contributed by atoms with Crippen molar-refractivity contribution >= 4 is 16.0 Å². The molecule has 8 heteroatoms. The molecule has 150 valence electrons. The van der Waals surface area contributed by atoms with Crippen LogP contribution in [-0.2, 0) is 14.8 Å². The monoisotopic (exact) mass is 405 g/mol. The standard InChI is InChI=1S/C20H23NO6S/c1-25-17-7-9-18(10-8-17)26-13-14-27-20(22)16-5-4-6-19(15-16)28(23,24)21-11-2-3-12-21/h4-10,15H,2-3,11-14H2,1H3. The highest BCUT2D eigenvalue weighted by molar-refractivity contribution is 7.89. The predicted octanol–water partition coefficient (Wildman–Crippen LogP) is 2.72. The Labute approximate surface area is 164 Å². The molecule has 3 rings (SSSR count). The molecule has 0 aliphatic carbocycles. The van der Waals surface area contributed by atoms with Crippen molar-refractivity contribution in [1.82, 2.24) is 4.31 Å². The maximum atomic E-state index is 12.6. The SMILES string of the molecule is COc1ccc(OCCOC(=O)c2cccc(S(=O)(=O)N3CCCC3)c2)cc1. The fraction of sp³-hybridized carbons (Fsp3) is 0.350. The molecule has 28 heavy (non-hydrogen) atoms. The van der Waals surface area contributed by atoms with Gasteiger partial charge >= 0.3 is 5.97 Å². The first-order chi connectivity index (χ1) is 13.5. The summed E-state index contributed by atoms with van der Waals surface area (Å²) in [5, 5.41) is 0. The molecule has 0 bridgehead atoms. The molecule has 1 heterocycles. The molecule has 2 aromatic rings. The molecule has 1 fully saturated rings. The van der Waals surface area contributed by atoms with Crippen LogP contribution in [0, 0.1) is 0 Å². The van der Waals surface area contributed by atoms with Gasteiger partial charge in [-0.2, -0.15) is 4.31 Å². The molecule has 2 aromatic carbocycles. The van der Waals surface area contributed by atoms with Crippen molar-refractivity contribution in [3.05, 3.63) is 54.1 Å². The number of benzene rings is 2. The van der Waals surface area contributed by atoms with Crippen molar-refractivity contribution in [2.75, 3.05) is 33.4 Å². The van der Waals surface area contributed by atoms with E-state index < -0.39 is 16.0 Å². The Hall–Kier alpha value is -2.58. The van der Waals surface area contributed by atoms with Gasteiger partial charge in [-0.3, -0.25) is 0 Å². The van der Waals surface area contributed by atoms with E-state index in [9.17, 15) is 13.2 Å². The average Bonchev–Trinajstić information content (AvgIpc) is 3.27. The number of carbonyl (C=O) groups is 1. The maximum Gasteiger partial charge on any atom is 0.338 e. The number of esters is 1. The first-order valence-electron chi connectivity index (χ1n) is 9.05. The van der Waals surface area contributed by atoms with Crippen molar-refractivity contribution < 1.29 is 27.4 Å². The molecule has 0 radical (unpaired) electrons. The topological polar surface area (TPSA) is 82.1 Å². The van der Waals surface area contributed by atoms with E-state index in [0.29, 0.717) is 18.8 Å². The fourth-order valence-electron chi connectivity index (χ4n) is 2.91. The van der Waals surface area contributed by atoms with Crippen LogP contribution in [-0.4, -0.2) is 52.1 Å². The lowest BCUT2D eigenvalue weighted by atomic mass is 10.2.